The molecule has 0 aromatic heterocycles. The smallest absolute Gasteiger partial charge is 0.326 e. The van der Waals surface area contributed by atoms with Gasteiger partial charge in [0.25, 0.3) is 17.6 Å². The first-order valence-corrected chi connectivity index (χ1v) is 8.19. The Kier molecular flexibility index (Phi) is 5.16. The monoisotopic (exact) mass is 388 g/mol. The molecule has 3 rings (SSSR count). The van der Waals surface area contributed by atoms with E-state index in [1.165, 1.54) is 19.1 Å². The van der Waals surface area contributed by atoms with Crippen LogP contribution in [0.2, 0.25) is 0 Å². The summed E-state index contributed by atoms with van der Waals surface area (Å²) in [5.74, 6) is -5.52. The molecule has 144 valence electrons. The molecule has 9 heteroatoms. The van der Waals surface area contributed by atoms with Gasteiger partial charge in [-0.25, -0.2) is 8.78 Å². The molecule has 0 fully saturated rings. The van der Waals surface area contributed by atoms with Gasteiger partial charge in [-0.1, -0.05) is 18.2 Å². The molecule has 0 bridgehead atoms. The molecule has 0 saturated heterocycles. The van der Waals surface area contributed by atoms with Crippen molar-refractivity contribution in [2.75, 3.05) is 16.8 Å². The van der Waals surface area contributed by atoms with E-state index in [0.29, 0.717) is 0 Å². The maximum Gasteiger partial charge on any atom is 0.326 e. The van der Waals surface area contributed by atoms with Crippen molar-refractivity contribution < 1.29 is 32.7 Å². The van der Waals surface area contributed by atoms with Crippen LogP contribution >= 0.6 is 0 Å². The van der Waals surface area contributed by atoms with Crippen LogP contribution in [0.4, 0.5) is 20.2 Å². The van der Waals surface area contributed by atoms with Crippen LogP contribution in [0.25, 0.3) is 0 Å². The Hall–Kier alpha value is -3.62. The zero-order valence-corrected chi connectivity index (χ0v) is 14.6. The summed E-state index contributed by atoms with van der Waals surface area (Å²) in [5, 5.41) is 2.01. The fourth-order valence-electron chi connectivity index (χ4n) is 2.66. The zero-order valence-electron chi connectivity index (χ0n) is 14.6. The van der Waals surface area contributed by atoms with Crippen molar-refractivity contribution in [3.05, 3.63) is 59.7 Å². The first kappa shape index (κ1) is 19.2. The number of esters is 1. The van der Waals surface area contributed by atoms with E-state index in [4.69, 9.17) is 4.74 Å². The average molecular weight is 388 g/mol. The number of ketones is 1. The van der Waals surface area contributed by atoms with Crippen molar-refractivity contribution in [3.8, 4) is 0 Å². The van der Waals surface area contributed by atoms with E-state index in [0.717, 1.165) is 23.1 Å². The van der Waals surface area contributed by atoms with Gasteiger partial charge in [-0.3, -0.25) is 24.1 Å². The fraction of sp³-hybridized carbons (Fsp3) is 0.158. The van der Waals surface area contributed by atoms with Crippen LogP contribution in [0, 0.1) is 11.6 Å². The number of hydrogen-bond acceptors (Lipinski definition) is 5. The molecule has 1 N–H and O–H groups in total. The van der Waals surface area contributed by atoms with Crippen LogP contribution < -0.4 is 10.2 Å². The van der Waals surface area contributed by atoms with Gasteiger partial charge in [0.2, 0.25) is 0 Å². The van der Waals surface area contributed by atoms with Crippen molar-refractivity contribution in [3.63, 3.8) is 0 Å². The first-order chi connectivity index (χ1) is 13.3. The minimum Gasteiger partial charge on any atom is -0.451 e. The molecule has 1 atom stereocenters. The molecule has 0 unspecified atom stereocenters. The summed E-state index contributed by atoms with van der Waals surface area (Å²) >= 11 is 0. The third kappa shape index (κ3) is 3.59. The zero-order chi connectivity index (χ0) is 20.4. The number of carbonyl (C=O) groups is 4. The van der Waals surface area contributed by atoms with Crippen molar-refractivity contribution in [1.82, 2.24) is 0 Å². The molecule has 7 nitrogen and oxygen atoms in total. The Balaban J connectivity index is 1.64. The number of halogens is 2. The molecule has 2 amide bonds. The maximum atomic E-state index is 13.6. The van der Waals surface area contributed by atoms with Crippen LogP contribution in [0.1, 0.15) is 17.3 Å². The third-order valence-electron chi connectivity index (χ3n) is 4.05. The second-order valence-electron chi connectivity index (χ2n) is 5.96. The molecule has 1 heterocycles. The highest BCUT2D eigenvalue weighted by atomic mass is 19.1. The second-order valence-corrected chi connectivity index (χ2v) is 5.96. The van der Waals surface area contributed by atoms with E-state index in [1.807, 2.05) is 5.32 Å². The molecular formula is C19H14F2N2O5. The summed E-state index contributed by atoms with van der Waals surface area (Å²) in [6, 6.07) is 9.20. The standard InChI is InChI=1S/C19H14F2N2O5/c1-10(18(26)22-16-12(20)6-4-7-13(16)21)28-15(24)9-23-14-8-3-2-5-11(14)17(25)19(23)27/h2-8,10H,9H2,1H3,(H,22,26)/t10-/m0/s1. The van der Waals surface area contributed by atoms with Gasteiger partial charge >= 0.3 is 5.97 Å². The van der Waals surface area contributed by atoms with E-state index in [-0.39, 0.29) is 11.3 Å². The largest absolute Gasteiger partial charge is 0.451 e. The minimum atomic E-state index is -1.39. The number of amides is 2. The Morgan fingerprint density at radius 1 is 1.07 bits per heavy atom. The predicted molar refractivity (Wildman–Crippen MR) is 93.7 cm³/mol. The van der Waals surface area contributed by atoms with Gasteiger partial charge in [0, 0.05) is 0 Å². The van der Waals surface area contributed by atoms with Crippen molar-refractivity contribution >= 4 is 34.9 Å². The first-order valence-electron chi connectivity index (χ1n) is 8.19. The Labute approximate surface area is 157 Å². The van der Waals surface area contributed by atoms with E-state index in [2.05, 4.69) is 0 Å². The molecule has 0 radical (unpaired) electrons. The lowest BCUT2D eigenvalue weighted by Gasteiger charge is -2.18. The number of fused-ring (bicyclic) bond motifs is 1. The fourth-order valence-corrected chi connectivity index (χ4v) is 2.66. The summed E-state index contributed by atoms with van der Waals surface area (Å²) in [4.78, 5) is 49.0. The highest BCUT2D eigenvalue weighted by Crippen LogP contribution is 2.28. The molecule has 1 aliphatic rings. The van der Waals surface area contributed by atoms with Gasteiger partial charge in [0.15, 0.2) is 6.10 Å². The number of nitrogens with one attached hydrogen (secondary N) is 1. The maximum absolute atomic E-state index is 13.6. The minimum absolute atomic E-state index is 0.168. The lowest BCUT2D eigenvalue weighted by Crippen LogP contribution is -2.38. The predicted octanol–water partition coefficient (Wildman–Crippen LogP) is 2.06. The summed E-state index contributed by atoms with van der Waals surface area (Å²) in [5.41, 5.74) is -0.231. The highest BCUT2D eigenvalue weighted by molar-refractivity contribution is 6.52. The van der Waals surface area contributed by atoms with Crippen molar-refractivity contribution in [1.29, 1.82) is 0 Å². The van der Waals surface area contributed by atoms with Crippen LogP contribution in [0.15, 0.2) is 42.5 Å². The third-order valence-corrected chi connectivity index (χ3v) is 4.05. The van der Waals surface area contributed by atoms with Crippen LogP contribution in [-0.2, 0) is 19.1 Å². The number of ether oxygens (including phenoxy) is 1. The number of para-hydroxylation sites is 2. The Morgan fingerprint density at radius 2 is 1.71 bits per heavy atom. The Morgan fingerprint density at radius 3 is 2.39 bits per heavy atom. The van der Waals surface area contributed by atoms with Crippen molar-refractivity contribution in [2.45, 2.75) is 13.0 Å². The number of carbonyl (C=O) groups excluding carboxylic acids is 4. The highest BCUT2D eigenvalue weighted by Gasteiger charge is 2.37. The molecule has 0 spiro atoms. The van der Waals surface area contributed by atoms with Gasteiger partial charge in [-0.15, -0.1) is 0 Å². The van der Waals surface area contributed by atoms with Gasteiger partial charge < -0.3 is 10.1 Å². The SMILES string of the molecule is C[C@H](OC(=O)CN1C(=O)C(=O)c2ccccc21)C(=O)Nc1c(F)cccc1F. The molecule has 1 aliphatic heterocycles. The van der Waals surface area contributed by atoms with E-state index in [1.54, 1.807) is 12.1 Å². The summed E-state index contributed by atoms with van der Waals surface area (Å²) in [6.45, 7) is 0.615. The molecular weight excluding hydrogens is 374 g/mol. The van der Waals surface area contributed by atoms with E-state index in [9.17, 15) is 28.0 Å². The van der Waals surface area contributed by atoms with Crippen molar-refractivity contribution in [2.24, 2.45) is 0 Å². The molecule has 0 aliphatic carbocycles. The van der Waals surface area contributed by atoms with Gasteiger partial charge in [-0.2, -0.15) is 0 Å². The van der Waals surface area contributed by atoms with Gasteiger partial charge in [-0.05, 0) is 31.2 Å². The van der Waals surface area contributed by atoms with Crippen LogP contribution in [0.5, 0.6) is 0 Å². The average Bonchev–Trinajstić information content (AvgIpc) is 2.90. The molecule has 0 saturated carbocycles. The van der Waals surface area contributed by atoms with E-state index < -0.39 is 53.5 Å². The lowest BCUT2D eigenvalue weighted by molar-refractivity contribution is -0.152. The lowest BCUT2D eigenvalue weighted by atomic mass is 10.1. The quantitative estimate of drug-likeness (QED) is 0.625. The second kappa shape index (κ2) is 7.55. The number of anilines is 2. The molecule has 2 aromatic carbocycles. The normalized spacial score (nSPS) is 13.9. The Bertz CT molecular complexity index is 972. The number of hydrogen-bond donors (Lipinski definition) is 1. The topological polar surface area (TPSA) is 92.8 Å². The number of benzene rings is 2. The summed E-state index contributed by atoms with van der Waals surface area (Å²) in [7, 11) is 0. The number of Topliss-reactive ketones (excluding diaryl/α,β-unsaturated/α-hetero) is 1. The molecule has 2 aromatic rings. The number of rotatable bonds is 5. The van der Waals surface area contributed by atoms with Gasteiger partial charge in [0.1, 0.15) is 23.9 Å². The van der Waals surface area contributed by atoms with E-state index >= 15 is 0 Å². The van der Waals surface area contributed by atoms with Gasteiger partial charge in [0.05, 0.1) is 11.3 Å². The van der Waals surface area contributed by atoms with Crippen LogP contribution in [0.3, 0.4) is 0 Å². The summed E-state index contributed by atoms with van der Waals surface area (Å²) in [6.07, 6.45) is -1.39. The summed E-state index contributed by atoms with van der Waals surface area (Å²) < 4.78 is 32.1. The van der Waals surface area contributed by atoms with Crippen LogP contribution in [-0.4, -0.2) is 36.2 Å². The number of nitrogens with zero attached hydrogens (tertiary/aromatic N) is 1. The molecule has 28 heavy (non-hydrogen) atoms.